The van der Waals surface area contributed by atoms with Crippen molar-refractivity contribution >= 4 is 17.1 Å². The zero-order valence-corrected chi connectivity index (χ0v) is 17.8. The lowest BCUT2D eigenvalue weighted by molar-refractivity contribution is 0.104. The number of hydrogen-bond donors (Lipinski definition) is 1. The molecule has 2 rings (SSSR count). The van der Waals surface area contributed by atoms with Crippen LogP contribution in [-0.2, 0) is 12.0 Å². The molecule has 4 heteroatoms. The molecule has 0 aliphatic rings. The maximum absolute atomic E-state index is 12.9. The maximum Gasteiger partial charge on any atom is 0.202 e. The Bertz CT molecular complexity index is 747. The van der Waals surface area contributed by atoms with Gasteiger partial charge < -0.3 is 5.11 Å². The fourth-order valence-electron chi connectivity index (χ4n) is 3.23. The number of phenols is 1. The zero-order chi connectivity index (χ0) is 19.6. The van der Waals surface area contributed by atoms with Gasteiger partial charge in [0.05, 0.1) is 4.88 Å². The predicted molar refractivity (Wildman–Crippen MR) is 110 cm³/mol. The Morgan fingerprint density at radius 3 is 2.23 bits per heavy atom. The van der Waals surface area contributed by atoms with E-state index >= 15 is 0 Å². The second-order valence-corrected chi connectivity index (χ2v) is 9.40. The summed E-state index contributed by atoms with van der Waals surface area (Å²) in [7, 11) is 0. The second-order valence-electron chi connectivity index (χ2n) is 8.45. The van der Waals surface area contributed by atoms with E-state index in [-0.39, 0.29) is 11.2 Å². The molecule has 0 bridgehead atoms. The number of ketones is 1. The third kappa shape index (κ3) is 4.54. The Hall–Kier alpha value is -1.65. The van der Waals surface area contributed by atoms with Crippen LogP contribution in [0.15, 0.2) is 29.6 Å². The van der Waals surface area contributed by atoms with Gasteiger partial charge >= 0.3 is 0 Å². The Morgan fingerprint density at radius 1 is 1.15 bits per heavy atom. The molecular weight excluding hydrogens is 342 g/mol. The third-order valence-corrected chi connectivity index (χ3v) is 5.55. The summed E-state index contributed by atoms with van der Waals surface area (Å²) in [5, 5.41) is 12.9. The van der Waals surface area contributed by atoms with Crippen molar-refractivity contribution in [3.05, 3.63) is 51.2 Å². The van der Waals surface area contributed by atoms with Crippen LogP contribution < -0.4 is 0 Å². The lowest BCUT2D eigenvalue weighted by Crippen LogP contribution is -2.36. The summed E-state index contributed by atoms with van der Waals surface area (Å²) in [5.74, 6) is 0.332. The third-order valence-electron chi connectivity index (χ3n) is 4.68. The van der Waals surface area contributed by atoms with Crippen LogP contribution in [0.2, 0.25) is 0 Å². The van der Waals surface area contributed by atoms with Gasteiger partial charge in [0.2, 0.25) is 5.78 Å². The Balaban J connectivity index is 2.56. The molecule has 0 radical (unpaired) electrons. The van der Waals surface area contributed by atoms with Crippen LogP contribution >= 0.6 is 11.3 Å². The van der Waals surface area contributed by atoms with Gasteiger partial charge in [-0.05, 0) is 56.7 Å². The van der Waals surface area contributed by atoms with E-state index in [1.807, 2.05) is 29.6 Å². The lowest BCUT2D eigenvalue weighted by atomic mass is 9.83. The zero-order valence-electron chi connectivity index (χ0n) is 17.0. The van der Waals surface area contributed by atoms with Gasteiger partial charge in [-0.1, -0.05) is 26.8 Å². The molecule has 3 nitrogen and oxygen atoms in total. The molecule has 0 aliphatic heterocycles. The first-order valence-electron chi connectivity index (χ1n) is 9.22. The normalized spacial score (nSPS) is 12.4. The van der Waals surface area contributed by atoms with E-state index in [0.29, 0.717) is 29.9 Å². The highest BCUT2D eigenvalue weighted by Gasteiger charge is 2.25. The largest absolute Gasteiger partial charge is 0.507 e. The van der Waals surface area contributed by atoms with Gasteiger partial charge in [-0.2, -0.15) is 0 Å². The number of carbonyl (C=O) groups is 1. The Morgan fingerprint density at radius 2 is 1.77 bits per heavy atom. The number of rotatable bonds is 6. The first-order valence-corrected chi connectivity index (χ1v) is 10.1. The summed E-state index contributed by atoms with van der Waals surface area (Å²) in [4.78, 5) is 16.0. The summed E-state index contributed by atoms with van der Waals surface area (Å²) in [6, 6.07) is 8.17. The number of nitrogens with zero attached hydrogens (tertiary/aromatic N) is 1. The van der Waals surface area contributed by atoms with Gasteiger partial charge in [-0.15, -0.1) is 11.3 Å². The van der Waals surface area contributed by atoms with E-state index in [2.05, 4.69) is 53.4 Å². The number of aromatic hydroxyl groups is 1. The molecule has 0 atom stereocenters. The van der Waals surface area contributed by atoms with E-state index in [1.54, 1.807) is 0 Å². The summed E-state index contributed by atoms with van der Waals surface area (Å²) in [6.07, 6.45) is 0. The smallest absolute Gasteiger partial charge is 0.202 e. The molecule has 0 spiro atoms. The van der Waals surface area contributed by atoms with Crippen molar-refractivity contribution in [3.8, 4) is 5.75 Å². The number of benzene rings is 1. The number of phenolic OH excluding ortho intramolecular Hbond substituents is 1. The predicted octanol–water partition coefficient (Wildman–Crippen LogP) is 5.60. The number of hydrogen-bond acceptors (Lipinski definition) is 4. The van der Waals surface area contributed by atoms with Crippen LogP contribution in [0.3, 0.4) is 0 Å². The molecule has 1 heterocycles. The van der Waals surface area contributed by atoms with Crippen molar-refractivity contribution in [2.75, 3.05) is 0 Å². The maximum atomic E-state index is 12.9. The van der Waals surface area contributed by atoms with Gasteiger partial charge in [0.25, 0.3) is 0 Å². The summed E-state index contributed by atoms with van der Waals surface area (Å²) >= 11 is 1.45. The molecule has 2 aromatic rings. The molecule has 0 fully saturated rings. The lowest BCUT2D eigenvalue weighted by Gasteiger charge is -2.32. The quantitative estimate of drug-likeness (QED) is 0.670. The average molecular weight is 374 g/mol. The van der Waals surface area contributed by atoms with Crippen molar-refractivity contribution in [3.63, 3.8) is 0 Å². The van der Waals surface area contributed by atoms with Gasteiger partial charge in [0, 0.05) is 35.3 Å². The minimum Gasteiger partial charge on any atom is -0.507 e. The number of carbonyl (C=O) groups excluding carboxylic acids is 1. The highest BCUT2D eigenvalue weighted by Crippen LogP contribution is 2.36. The van der Waals surface area contributed by atoms with Crippen LogP contribution in [0.1, 0.15) is 74.8 Å². The fourth-order valence-corrected chi connectivity index (χ4v) is 3.91. The highest BCUT2D eigenvalue weighted by atomic mass is 32.1. The molecule has 142 valence electrons. The van der Waals surface area contributed by atoms with E-state index < -0.39 is 0 Å². The standard InChI is InChI=1S/C22H31NO2S/c1-14(2)23(15(3)4)13-17-11-16(21(25)19-9-8-10-26-19)12-18(20(17)24)22(5,6)7/h8-12,14-15,24H,13H2,1-7H3. The molecule has 0 unspecified atom stereocenters. The fraction of sp³-hybridized carbons (Fsp3) is 0.500. The molecule has 1 N–H and O–H groups in total. The Kier molecular flexibility index (Phi) is 6.30. The molecule has 1 aromatic carbocycles. The molecule has 0 saturated carbocycles. The van der Waals surface area contributed by atoms with Crippen LogP contribution in [0.5, 0.6) is 5.75 Å². The van der Waals surface area contributed by atoms with Gasteiger partial charge in [-0.25, -0.2) is 0 Å². The SMILES string of the molecule is CC(C)N(Cc1cc(C(=O)c2cccs2)cc(C(C)(C)C)c1O)C(C)C. The van der Waals surface area contributed by atoms with Crippen molar-refractivity contribution in [1.82, 2.24) is 4.90 Å². The average Bonchev–Trinajstić information content (AvgIpc) is 3.05. The highest BCUT2D eigenvalue weighted by molar-refractivity contribution is 7.12. The van der Waals surface area contributed by atoms with Crippen LogP contribution in [0.4, 0.5) is 0 Å². The van der Waals surface area contributed by atoms with Gasteiger partial charge in [0.15, 0.2) is 0 Å². The summed E-state index contributed by atoms with van der Waals surface area (Å²) < 4.78 is 0. The molecule has 0 saturated heterocycles. The molecule has 1 aromatic heterocycles. The summed E-state index contributed by atoms with van der Waals surface area (Å²) in [6.45, 7) is 15.4. The van der Waals surface area contributed by atoms with Crippen molar-refractivity contribution in [1.29, 1.82) is 0 Å². The first kappa shape index (κ1) is 20.7. The van der Waals surface area contributed by atoms with Crippen molar-refractivity contribution < 1.29 is 9.90 Å². The Labute approximate surface area is 161 Å². The minimum atomic E-state index is -0.245. The van der Waals surface area contributed by atoms with E-state index in [4.69, 9.17) is 0 Å². The van der Waals surface area contributed by atoms with Crippen molar-refractivity contribution in [2.24, 2.45) is 0 Å². The minimum absolute atomic E-state index is 0.0207. The monoisotopic (exact) mass is 373 g/mol. The molecule has 26 heavy (non-hydrogen) atoms. The van der Waals surface area contributed by atoms with Crippen LogP contribution in [-0.4, -0.2) is 27.9 Å². The van der Waals surface area contributed by atoms with Gasteiger partial charge in [0.1, 0.15) is 5.75 Å². The van der Waals surface area contributed by atoms with Crippen LogP contribution in [0, 0.1) is 0 Å². The number of thiophene rings is 1. The summed E-state index contributed by atoms with van der Waals surface area (Å²) in [5.41, 5.74) is 2.05. The van der Waals surface area contributed by atoms with Gasteiger partial charge in [-0.3, -0.25) is 9.69 Å². The molecule has 0 amide bonds. The van der Waals surface area contributed by atoms with E-state index in [1.165, 1.54) is 11.3 Å². The molecule has 0 aliphatic carbocycles. The topological polar surface area (TPSA) is 40.5 Å². The first-order chi connectivity index (χ1) is 12.0. The second kappa shape index (κ2) is 7.93. The van der Waals surface area contributed by atoms with E-state index in [9.17, 15) is 9.90 Å². The van der Waals surface area contributed by atoms with E-state index in [0.717, 1.165) is 16.0 Å². The van der Waals surface area contributed by atoms with Crippen molar-refractivity contribution in [2.45, 2.75) is 72.5 Å². The van der Waals surface area contributed by atoms with Crippen LogP contribution in [0.25, 0.3) is 0 Å². The molecular formula is C22H31NO2S.